The first-order valence-electron chi connectivity index (χ1n) is 8.92. The predicted octanol–water partition coefficient (Wildman–Crippen LogP) is 3.00. The van der Waals surface area contributed by atoms with E-state index in [1.165, 1.54) is 19.3 Å². The highest BCUT2D eigenvalue weighted by Gasteiger charge is 2.53. The average molecular weight is 362 g/mol. The molecule has 4 bridgehead atoms. The SMILES string of the molecule is CC(NC(=O)CNC(=O)OCC(F)(F)F)C12CC3CC(CC(C3)C1)C2. The van der Waals surface area contributed by atoms with Gasteiger partial charge in [-0.3, -0.25) is 4.79 Å². The molecule has 4 rings (SSSR count). The minimum atomic E-state index is -4.58. The van der Waals surface area contributed by atoms with Crippen molar-refractivity contribution < 1.29 is 27.5 Å². The van der Waals surface area contributed by atoms with E-state index < -0.39 is 24.8 Å². The maximum atomic E-state index is 12.0. The molecule has 4 fully saturated rings. The molecule has 4 aliphatic rings. The summed E-state index contributed by atoms with van der Waals surface area (Å²) in [6.45, 7) is -0.0372. The van der Waals surface area contributed by atoms with Crippen molar-refractivity contribution in [2.24, 2.45) is 23.2 Å². The summed E-state index contributed by atoms with van der Waals surface area (Å²) in [7, 11) is 0. The van der Waals surface area contributed by atoms with Crippen molar-refractivity contribution in [3.05, 3.63) is 0 Å². The average Bonchev–Trinajstić information content (AvgIpc) is 2.49. The van der Waals surface area contributed by atoms with Crippen LogP contribution >= 0.6 is 0 Å². The van der Waals surface area contributed by atoms with Crippen LogP contribution in [0.1, 0.15) is 45.4 Å². The maximum absolute atomic E-state index is 12.0. The van der Waals surface area contributed by atoms with Gasteiger partial charge in [-0.25, -0.2) is 4.79 Å². The molecule has 0 aromatic rings. The number of alkyl carbamates (subject to hydrolysis) is 1. The van der Waals surface area contributed by atoms with Crippen LogP contribution in [-0.2, 0) is 9.53 Å². The second-order valence-electron chi connectivity index (χ2n) is 8.11. The Morgan fingerprint density at radius 3 is 2.12 bits per heavy atom. The molecule has 0 saturated heterocycles. The van der Waals surface area contributed by atoms with E-state index in [1.807, 2.05) is 6.92 Å². The van der Waals surface area contributed by atoms with Crippen LogP contribution in [0, 0.1) is 23.2 Å². The molecule has 8 heteroatoms. The third kappa shape index (κ3) is 4.39. The lowest BCUT2D eigenvalue weighted by molar-refractivity contribution is -0.160. The largest absolute Gasteiger partial charge is 0.440 e. The zero-order valence-corrected chi connectivity index (χ0v) is 14.3. The van der Waals surface area contributed by atoms with E-state index >= 15 is 0 Å². The van der Waals surface area contributed by atoms with Crippen molar-refractivity contribution in [3.8, 4) is 0 Å². The van der Waals surface area contributed by atoms with Crippen LogP contribution in [-0.4, -0.2) is 37.4 Å². The summed E-state index contributed by atoms with van der Waals surface area (Å²) >= 11 is 0. The van der Waals surface area contributed by atoms with Gasteiger partial charge >= 0.3 is 12.3 Å². The Morgan fingerprint density at radius 1 is 1.12 bits per heavy atom. The molecule has 2 amide bonds. The second kappa shape index (κ2) is 6.68. The lowest BCUT2D eigenvalue weighted by atomic mass is 9.48. The molecule has 0 aliphatic heterocycles. The fourth-order valence-electron chi connectivity index (χ4n) is 5.50. The van der Waals surface area contributed by atoms with E-state index in [9.17, 15) is 22.8 Å². The first-order chi connectivity index (χ1) is 11.7. The van der Waals surface area contributed by atoms with Crippen molar-refractivity contribution in [1.29, 1.82) is 0 Å². The first-order valence-corrected chi connectivity index (χ1v) is 8.92. The van der Waals surface area contributed by atoms with Gasteiger partial charge in [0.2, 0.25) is 5.91 Å². The smallest absolute Gasteiger partial charge is 0.422 e. The summed E-state index contributed by atoms with van der Waals surface area (Å²) in [6, 6.07) is 0.00129. The third-order valence-electron chi connectivity index (χ3n) is 6.14. The van der Waals surface area contributed by atoms with Gasteiger partial charge in [0.1, 0.15) is 6.54 Å². The molecule has 142 valence electrons. The Morgan fingerprint density at radius 2 is 1.64 bits per heavy atom. The zero-order valence-electron chi connectivity index (χ0n) is 14.3. The maximum Gasteiger partial charge on any atom is 0.422 e. The van der Waals surface area contributed by atoms with Crippen molar-refractivity contribution in [3.63, 3.8) is 0 Å². The van der Waals surface area contributed by atoms with Crippen molar-refractivity contribution >= 4 is 12.0 Å². The van der Waals surface area contributed by atoms with Crippen LogP contribution in [0.5, 0.6) is 0 Å². The third-order valence-corrected chi connectivity index (χ3v) is 6.14. The molecule has 0 spiro atoms. The number of rotatable bonds is 5. The lowest BCUT2D eigenvalue weighted by Crippen LogP contribution is -2.56. The van der Waals surface area contributed by atoms with Crippen LogP contribution in [0.3, 0.4) is 0 Å². The van der Waals surface area contributed by atoms with Crippen molar-refractivity contribution in [2.45, 2.75) is 57.7 Å². The number of carbonyl (C=O) groups is 2. The Bertz CT molecular complexity index is 500. The number of carbonyl (C=O) groups excluding carboxylic acids is 2. The number of ether oxygens (including phenoxy) is 1. The molecule has 0 aromatic heterocycles. The highest BCUT2D eigenvalue weighted by molar-refractivity contribution is 5.82. The van der Waals surface area contributed by atoms with Gasteiger partial charge in [-0.15, -0.1) is 0 Å². The second-order valence-corrected chi connectivity index (χ2v) is 8.11. The van der Waals surface area contributed by atoms with Gasteiger partial charge in [0.25, 0.3) is 0 Å². The number of nitrogens with one attached hydrogen (secondary N) is 2. The van der Waals surface area contributed by atoms with Crippen LogP contribution in [0.2, 0.25) is 0 Å². The molecule has 0 aromatic carbocycles. The summed E-state index contributed by atoms with van der Waals surface area (Å²) in [6.07, 6.45) is 1.54. The van der Waals surface area contributed by atoms with E-state index in [0.717, 1.165) is 37.0 Å². The molecule has 1 unspecified atom stereocenters. The number of alkyl halides is 3. The molecule has 2 N–H and O–H groups in total. The Balaban J connectivity index is 1.44. The standard InChI is InChI=1S/C17H25F3N2O3/c1-10(16-5-11-2-12(6-16)4-13(3-11)7-16)22-14(23)8-21-15(24)25-9-17(18,19)20/h10-13H,2-9H2,1H3,(H,21,24)(H,22,23). The van der Waals surface area contributed by atoms with Crippen LogP contribution in [0.15, 0.2) is 0 Å². The number of amides is 2. The van der Waals surface area contributed by atoms with E-state index in [1.54, 1.807) is 0 Å². The predicted molar refractivity (Wildman–Crippen MR) is 83.6 cm³/mol. The zero-order chi connectivity index (χ0) is 18.2. The molecule has 4 aliphatic carbocycles. The fraction of sp³-hybridized carbons (Fsp3) is 0.882. The minimum absolute atomic E-state index is 0.00129. The van der Waals surface area contributed by atoms with Gasteiger partial charge in [0.05, 0.1) is 0 Å². The number of hydrogen-bond donors (Lipinski definition) is 2. The van der Waals surface area contributed by atoms with Gasteiger partial charge < -0.3 is 15.4 Å². The van der Waals surface area contributed by atoms with Gasteiger partial charge in [-0.1, -0.05) is 0 Å². The topological polar surface area (TPSA) is 67.4 Å². The van der Waals surface area contributed by atoms with Crippen LogP contribution in [0.4, 0.5) is 18.0 Å². The summed E-state index contributed by atoms with van der Waals surface area (Å²) in [5, 5.41) is 4.99. The Labute approximate surface area is 145 Å². The molecule has 25 heavy (non-hydrogen) atoms. The Hall–Kier alpha value is -1.47. The van der Waals surface area contributed by atoms with E-state index in [0.29, 0.717) is 0 Å². The summed E-state index contributed by atoms with van der Waals surface area (Å²) in [4.78, 5) is 23.2. The molecule has 1 atom stereocenters. The van der Waals surface area contributed by atoms with E-state index in [2.05, 4.69) is 15.4 Å². The van der Waals surface area contributed by atoms with Crippen molar-refractivity contribution in [2.75, 3.05) is 13.2 Å². The molecule has 5 nitrogen and oxygen atoms in total. The number of halogens is 3. The lowest BCUT2D eigenvalue weighted by Gasteiger charge is -2.59. The first kappa shape index (κ1) is 18.3. The molecular formula is C17H25F3N2O3. The summed E-state index contributed by atoms with van der Waals surface area (Å²) < 4.78 is 39.9. The normalized spacial score (nSPS) is 34.5. The molecular weight excluding hydrogens is 337 g/mol. The minimum Gasteiger partial charge on any atom is -0.440 e. The quantitative estimate of drug-likeness (QED) is 0.790. The van der Waals surface area contributed by atoms with Gasteiger partial charge in [0, 0.05) is 6.04 Å². The molecule has 0 heterocycles. The fourth-order valence-corrected chi connectivity index (χ4v) is 5.50. The Kier molecular flexibility index (Phi) is 4.90. The summed E-state index contributed by atoms with van der Waals surface area (Å²) in [5.41, 5.74) is 0.140. The van der Waals surface area contributed by atoms with Crippen molar-refractivity contribution in [1.82, 2.24) is 10.6 Å². The summed E-state index contributed by atoms with van der Waals surface area (Å²) in [5.74, 6) is 1.90. The van der Waals surface area contributed by atoms with Crippen LogP contribution in [0.25, 0.3) is 0 Å². The van der Waals surface area contributed by atoms with Gasteiger partial charge in [0.15, 0.2) is 6.61 Å². The molecule has 4 saturated carbocycles. The monoisotopic (exact) mass is 362 g/mol. The van der Waals surface area contributed by atoms with Gasteiger partial charge in [-0.05, 0) is 68.6 Å². The van der Waals surface area contributed by atoms with Gasteiger partial charge in [-0.2, -0.15) is 13.2 Å². The van der Waals surface area contributed by atoms with E-state index in [4.69, 9.17) is 0 Å². The van der Waals surface area contributed by atoms with E-state index in [-0.39, 0.29) is 18.0 Å². The molecule has 0 radical (unpaired) electrons. The number of hydrogen-bond acceptors (Lipinski definition) is 3. The van der Waals surface area contributed by atoms with Crippen LogP contribution < -0.4 is 10.6 Å². The highest BCUT2D eigenvalue weighted by atomic mass is 19.4. The highest BCUT2D eigenvalue weighted by Crippen LogP contribution is 2.61.